The average molecular weight is 309 g/mol. The Balaban J connectivity index is 2.22. The smallest absolute Gasteiger partial charge is 0.141 e. The van der Waals surface area contributed by atoms with Gasteiger partial charge in [-0.25, -0.2) is 13.8 Å². The molecule has 0 bridgehead atoms. The summed E-state index contributed by atoms with van der Waals surface area (Å²) < 4.78 is 27.7. The fourth-order valence-electron chi connectivity index (χ4n) is 1.79. The summed E-state index contributed by atoms with van der Waals surface area (Å²) in [6, 6.07) is 8.78. The van der Waals surface area contributed by atoms with Gasteiger partial charge in [-0.2, -0.15) is 0 Å². The van der Waals surface area contributed by atoms with Gasteiger partial charge < -0.3 is 4.98 Å². The highest BCUT2D eigenvalue weighted by Gasteiger charge is 2.11. The molecule has 0 aliphatic rings. The van der Waals surface area contributed by atoms with E-state index in [9.17, 15) is 8.78 Å². The maximum absolute atomic E-state index is 13.6. The maximum Gasteiger partial charge on any atom is 0.141 e. The number of aromatic amines is 1. The van der Waals surface area contributed by atoms with E-state index in [1.165, 1.54) is 0 Å². The maximum atomic E-state index is 13.6. The van der Waals surface area contributed by atoms with Crippen LogP contribution >= 0.6 is 15.9 Å². The third kappa shape index (κ3) is 1.90. The van der Waals surface area contributed by atoms with Crippen LogP contribution in [0.25, 0.3) is 22.4 Å². The number of benzene rings is 2. The van der Waals surface area contributed by atoms with Crippen molar-refractivity contribution in [2.45, 2.75) is 0 Å². The van der Waals surface area contributed by atoms with E-state index in [1.807, 2.05) is 12.1 Å². The minimum absolute atomic E-state index is 0.127. The molecule has 5 heteroatoms. The first-order valence-electron chi connectivity index (χ1n) is 5.24. The van der Waals surface area contributed by atoms with Crippen molar-refractivity contribution in [1.82, 2.24) is 9.97 Å². The number of nitrogens with zero attached hydrogens (tertiary/aromatic N) is 1. The van der Waals surface area contributed by atoms with Gasteiger partial charge in [0, 0.05) is 4.47 Å². The summed E-state index contributed by atoms with van der Waals surface area (Å²) in [7, 11) is 0. The van der Waals surface area contributed by atoms with Crippen LogP contribution in [0.1, 0.15) is 0 Å². The Morgan fingerprint density at radius 2 is 1.89 bits per heavy atom. The minimum atomic E-state index is -0.505. The van der Waals surface area contributed by atoms with Crippen molar-refractivity contribution < 1.29 is 8.78 Å². The summed E-state index contributed by atoms with van der Waals surface area (Å²) in [5.41, 5.74) is 1.60. The van der Waals surface area contributed by atoms with Crippen molar-refractivity contribution in [3.8, 4) is 11.4 Å². The lowest BCUT2D eigenvalue weighted by molar-refractivity contribution is 0.602. The molecule has 0 amide bonds. The van der Waals surface area contributed by atoms with Crippen molar-refractivity contribution >= 4 is 27.0 Å². The van der Waals surface area contributed by atoms with Crippen LogP contribution in [0.4, 0.5) is 8.78 Å². The second-order valence-electron chi connectivity index (χ2n) is 3.87. The van der Waals surface area contributed by atoms with Gasteiger partial charge in [-0.15, -0.1) is 0 Å². The lowest BCUT2D eigenvalue weighted by Gasteiger charge is -1.98. The summed E-state index contributed by atoms with van der Waals surface area (Å²) in [5.74, 6) is -0.678. The molecule has 2 nitrogen and oxygen atoms in total. The van der Waals surface area contributed by atoms with E-state index in [1.54, 1.807) is 6.07 Å². The Bertz CT molecular complexity index is 737. The van der Waals surface area contributed by atoms with Gasteiger partial charge in [-0.1, -0.05) is 15.9 Å². The number of aromatic nitrogens is 2. The average Bonchev–Trinajstić information content (AvgIpc) is 2.74. The molecule has 0 aliphatic heterocycles. The number of hydrogen-bond acceptors (Lipinski definition) is 1. The molecule has 0 fully saturated rings. The van der Waals surface area contributed by atoms with Crippen molar-refractivity contribution in [1.29, 1.82) is 0 Å². The molecule has 0 radical (unpaired) electrons. The van der Waals surface area contributed by atoms with Crippen LogP contribution in [0.2, 0.25) is 0 Å². The Morgan fingerprint density at radius 3 is 2.72 bits per heavy atom. The van der Waals surface area contributed by atoms with Gasteiger partial charge in [0.25, 0.3) is 0 Å². The second kappa shape index (κ2) is 4.17. The standard InChI is InChI=1S/C13H7BrF2N2/c14-7-1-4-11-12(5-7)18-13(17-11)9-6-8(15)2-3-10(9)16/h1-6H,(H,17,18). The zero-order chi connectivity index (χ0) is 12.7. The zero-order valence-electron chi connectivity index (χ0n) is 9.05. The lowest BCUT2D eigenvalue weighted by atomic mass is 10.2. The predicted octanol–water partition coefficient (Wildman–Crippen LogP) is 4.27. The lowest BCUT2D eigenvalue weighted by Crippen LogP contribution is -1.87. The van der Waals surface area contributed by atoms with E-state index in [4.69, 9.17) is 0 Å². The summed E-state index contributed by atoms with van der Waals surface area (Å²) >= 11 is 3.34. The Labute approximate surface area is 110 Å². The summed E-state index contributed by atoms with van der Waals surface area (Å²) in [6.45, 7) is 0. The number of H-pyrrole nitrogens is 1. The summed E-state index contributed by atoms with van der Waals surface area (Å²) in [5, 5.41) is 0. The van der Waals surface area contributed by atoms with Crippen molar-refractivity contribution in [3.63, 3.8) is 0 Å². The molecule has 0 saturated carbocycles. The highest BCUT2D eigenvalue weighted by Crippen LogP contribution is 2.25. The number of hydrogen-bond donors (Lipinski definition) is 1. The van der Waals surface area contributed by atoms with E-state index in [0.717, 1.165) is 28.2 Å². The minimum Gasteiger partial charge on any atom is -0.338 e. The van der Waals surface area contributed by atoms with Gasteiger partial charge in [0.1, 0.15) is 17.5 Å². The normalized spacial score (nSPS) is 11.1. The molecule has 1 aromatic heterocycles. The summed E-state index contributed by atoms with van der Waals surface area (Å²) in [4.78, 5) is 7.22. The predicted molar refractivity (Wildman–Crippen MR) is 69.1 cm³/mol. The fourth-order valence-corrected chi connectivity index (χ4v) is 2.15. The van der Waals surface area contributed by atoms with Crippen LogP contribution in [0.3, 0.4) is 0 Å². The molecular weight excluding hydrogens is 302 g/mol. The van der Waals surface area contributed by atoms with Gasteiger partial charge in [-0.05, 0) is 36.4 Å². The summed E-state index contributed by atoms with van der Waals surface area (Å²) in [6.07, 6.45) is 0. The molecule has 90 valence electrons. The Kier molecular flexibility index (Phi) is 2.63. The zero-order valence-corrected chi connectivity index (χ0v) is 10.6. The number of fused-ring (bicyclic) bond motifs is 1. The second-order valence-corrected chi connectivity index (χ2v) is 4.79. The van der Waals surface area contributed by atoms with Crippen LogP contribution in [-0.2, 0) is 0 Å². The van der Waals surface area contributed by atoms with E-state index >= 15 is 0 Å². The van der Waals surface area contributed by atoms with E-state index in [-0.39, 0.29) is 5.56 Å². The molecule has 0 unspecified atom stereocenters. The van der Waals surface area contributed by atoms with Gasteiger partial charge >= 0.3 is 0 Å². The van der Waals surface area contributed by atoms with Crippen LogP contribution in [0, 0.1) is 11.6 Å². The van der Waals surface area contributed by atoms with Crippen molar-refractivity contribution in [2.24, 2.45) is 0 Å². The number of halogens is 3. The molecular formula is C13H7BrF2N2. The molecule has 3 rings (SSSR count). The molecule has 3 aromatic rings. The highest BCUT2D eigenvalue weighted by atomic mass is 79.9. The van der Waals surface area contributed by atoms with Gasteiger partial charge in [0.05, 0.1) is 16.6 Å². The van der Waals surface area contributed by atoms with Crippen molar-refractivity contribution in [2.75, 3.05) is 0 Å². The third-order valence-electron chi connectivity index (χ3n) is 2.63. The van der Waals surface area contributed by atoms with Crippen LogP contribution in [0.15, 0.2) is 40.9 Å². The topological polar surface area (TPSA) is 28.7 Å². The van der Waals surface area contributed by atoms with Gasteiger partial charge in [0.15, 0.2) is 0 Å². The third-order valence-corrected chi connectivity index (χ3v) is 3.12. The Morgan fingerprint density at radius 1 is 1.06 bits per heavy atom. The molecule has 2 aromatic carbocycles. The Hall–Kier alpha value is -1.75. The monoisotopic (exact) mass is 308 g/mol. The van der Waals surface area contributed by atoms with Gasteiger partial charge in [0.2, 0.25) is 0 Å². The molecule has 1 N–H and O–H groups in total. The molecule has 0 saturated heterocycles. The van der Waals surface area contributed by atoms with Crippen LogP contribution in [0.5, 0.6) is 0 Å². The number of imidazole rings is 1. The largest absolute Gasteiger partial charge is 0.338 e. The van der Waals surface area contributed by atoms with E-state index in [0.29, 0.717) is 11.3 Å². The fraction of sp³-hybridized carbons (Fsp3) is 0. The molecule has 18 heavy (non-hydrogen) atoms. The van der Waals surface area contributed by atoms with Crippen LogP contribution in [-0.4, -0.2) is 9.97 Å². The number of nitrogens with one attached hydrogen (secondary N) is 1. The first-order valence-corrected chi connectivity index (χ1v) is 6.03. The SMILES string of the molecule is Fc1ccc(F)c(-c2nc3ccc(Br)cc3[nH]2)c1. The molecule has 1 heterocycles. The molecule has 0 atom stereocenters. The van der Waals surface area contributed by atoms with Crippen LogP contribution < -0.4 is 0 Å². The first kappa shape index (κ1) is 11.3. The van der Waals surface area contributed by atoms with E-state index in [2.05, 4.69) is 25.9 Å². The highest BCUT2D eigenvalue weighted by molar-refractivity contribution is 9.10. The van der Waals surface area contributed by atoms with E-state index < -0.39 is 11.6 Å². The van der Waals surface area contributed by atoms with Gasteiger partial charge in [-0.3, -0.25) is 0 Å². The van der Waals surface area contributed by atoms with Crippen molar-refractivity contribution in [3.05, 3.63) is 52.5 Å². The molecule has 0 aliphatic carbocycles. The molecule has 0 spiro atoms. The quantitative estimate of drug-likeness (QED) is 0.714. The number of rotatable bonds is 1. The first-order chi connectivity index (χ1) is 8.63.